The second-order valence-corrected chi connectivity index (χ2v) is 7.83. The van der Waals surface area contributed by atoms with Gasteiger partial charge in [0.05, 0.1) is 16.9 Å². The average Bonchev–Trinajstić information content (AvgIpc) is 2.85. The molecule has 0 radical (unpaired) electrons. The van der Waals surface area contributed by atoms with E-state index in [4.69, 9.17) is 5.11 Å². The van der Waals surface area contributed by atoms with Gasteiger partial charge in [-0.1, -0.05) is 18.9 Å². The van der Waals surface area contributed by atoms with E-state index in [0.717, 1.165) is 19.1 Å². The SMILES string of the molecule is CS(=O)(=O)c1cccc(C(=O)NC2(CC(=O)O)CCCC2)c1. The molecular formula is C15H19NO5S. The lowest BCUT2D eigenvalue weighted by molar-refractivity contribution is -0.138. The average molecular weight is 325 g/mol. The van der Waals surface area contributed by atoms with E-state index >= 15 is 0 Å². The molecule has 2 N–H and O–H groups in total. The first-order chi connectivity index (χ1) is 10.2. The Labute approximate surface area is 129 Å². The lowest BCUT2D eigenvalue weighted by atomic mass is 9.92. The zero-order valence-electron chi connectivity index (χ0n) is 12.3. The van der Waals surface area contributed by atoms with Crippen LogP contribution in [-0.2, 0) is 14.6 Å². The van der Waals surface area contributed by atoms with Crippen LogP contribution in [0.1, 0.15) is 42.5 Å². The Morgan fingerprint density at radius 3 is 2.45 bits per heavy atom. The fraction of sp³-hybridized carbons (Fsp3) is 0.467. The van der Waals surface area contributed by atoms with E-state index in [2.05, 4.69) is 5.32 Å². The molecule has 0 atom stereocenters. The largest absolute Gasteiger partial charge is 0.481 e. The molecule has 120 valence electrons. The number of sulfone groups is 1. The zero-order valence-corrected chi connectivity index (χ0v) is 13.1. The molecule has 6 nitrogen and oxygen atoms in total. The number of carbonyl (C=O) groups excluding carboxylic acids is 1. The van der Waals surface area contributed by atoms with Gasteiger partial charge in [0.2, 0.25) is 0 Å². The summed E-state index contributed by atoms with van der Waals surface area (Å²) in [6.45, 7) is 0. The van der Waals surface area contributed by atoms with Gasteiger partial charge in [0.1, 0.15) is 0 Å². The molecule has 1 aromatic rings. The highest BCUT2D eigenvalue weighted by Crippen LogP contribution is 2.33. The van der Waals surface area contributed by atoms with E-state index in [-0.39, 0.29) is 16.9 Å². The molecule has 1 aliphatic rings. The highest BCUT2D eigenvalue weighted by molar-refractivity contribution is 7.90. The summed E-state index contributed by atoms with van der Waals surface area (Å²) in [5.41, 5.74) is -0.510. The standard InChI is InChI=1S/C15H19NO5S/c1-22(20,21)12-6-4-5-11(9-12)14(19)16-15(10-13(17)18)7-2-3-8-15/h4-6,9H,2-3,7-8,10H2,1H3,(H,16,19)(H,17,18). The maximum absolute atomic E-state index is 12.4. The summed E-state index contributed by atoms with van der Waals surface area (Å²) in [4.78, 5) is 23.5. The number of carboxylic acid groups (broad SMARTS) is 1. The van der Waals surface area contributed by atoms with Crippen molar-refractivity contribution in [1.29, 1.82) is 0 Å². The van der Waals surface area contributed by atoms with Crippen LogP contribution in [0.15, 0.2) is 29.2 Å². The summed E-state index contributed by atoms with van der Waals surface area (Å²) in [6, 6.07) is 5.76. The Kier molecular flexibility index (Phi) is 4.55. The maximum Gasteiger partial charge on any atom is 0.305 e. The van der Waals surface area contributed by atoms with Gasteiger partial charge in [-0.25, -0.2) is 8.42 Å². The normalized spacial score (nSPS) is 17.1. The minimum Gasteiger partial charge on any atom is -0.481 e. The van der Waals surface area contributed by atoms with E-state index in [1.165, 1.54) is 24.3 Å². The smallest absolute Gasteiger partial charge is 0.305 e. The molecule has 1 fully saturated rings. The molecule has 1 amide bonds. The number of rotatable bonds is 5. The van der Waals surface area contributed by atoms with Crippen molar-refractivity contribution < 1.29 is 23.1 Å². The number of aliphatic carboxylic acids is 1. The molecule has 0 unspecified atom stereocenters. The Hall–Kier alpha value is -1.89. The number of carboxylic acids is 1. The van der Waals surface area contributed by atoms with E-state index < -0.39 is 27.3 Å². The van der Waals surface area contributed by atoms with Crippen molar-refractivity contribution in [2.24, 2.45) is 0 Å². The van der Waals surface area contributed by atoms with Crippen molar-refractivity contribution in [1.82, 2.24) is 5.32 Å². The highest BCUT2D eigenvalue weighted by Gasteiger charge is 2.37. The lowest BCUT2D eigenvalue weighted by Crippen LogP contribution is -2.47. The molecule has 1 saturated carbocycles. The van der Waals surface area contributed by atoms with Gasteiger partial charge < -0.3 is 10.4 Å². The molecule has 0 spiro atoms. The van der Waals surface area contributed by atoms with Crippen molar-refractivity contribution in [2.75, 3.05) is 6.26 Å². The zero-order chi connectivity index (χ0) is 16.4. The number of hydrogen-bond donors (Lipinski definition) is 2. The van der Waals surface area contributed by atoms with Crippen LogP contribution in [0.3, 0.4) is 0 Å². The van der Waals surface area contributed by atoms with E-state index in [1.807, 2.05) is 0 Å². The molecule has 2 rings (SSSR count). The predicted octanol–water partition coefficient (Wildman–Crippen LogP) is 1.61. The van der Waals surface area contributed by atoms with E-state index in [0.29, 0.717) is 12.8 Å². The van der Waals surface area contributed by atoms with Crippen LogP contribution in [0.2, 0.25) is 0 Å². The number of carbonyl (C=O) groups is 2. The fourth-order valence-corrected chi connectivity index (χ4v) is 3.54. The predicted molar refractivity (Wildman–Crippen MR) is 80.5 cm³/mol. The topological polar surface area (TPSA) is 101 Å². The van der Waals surface area contributed by atoms with Gasteiger partial charge in [-0.15, -0.1) is 0 Å². The van der Waals surface area contributed by atoms with Crippen molar-refractivity contribution >= 4 is 21.7 Å². The van der Waals surface area contributed by atoms with Crippen LogP contribution in [-0.4, -0.2) is 37.2 Å². The maximum atomic E-state index is 12.4. The van der Waals surface area contributed by atoms with Crippen LogP contribution in [0, 0.1) is 0 Å². The fourth-order valence-electron chi connectivity index (χ4n) is 2.87. The van der Waals surface area contributed by atoms with Crippen LogP contribution in [0.5, 0.6) is 0 Å². The van der Waals surface area contributed by atoms with Crippen LogP contribution >= 0.6 is 0 Å². The minimum atomic E-state index is -3.39. The molecule has 0 aliphatic heterocycles. The van der Waals surface area contributed by atoms with E-state index in [9.17, 15) is 18.0 Å². The number of benzene rings is 1. The second-order valence-electron chi connectivity index (χ2n) is 5.81. The summed E-state index contributed by atoms with van der Waals surface area (Å²) >= 11 is 0. The van der Waals surface area contributed by atoms with Gasteiger partial charge in [-0.3, -0.25) is 9.59 Å². The monoisotopic (exact) mass is 325 g/mol. The molecule has 0 bridgehead atoms. The van der Waals surface area contributed by atoms with Gasteiger partial charge in [0, 0.05) is 11.8 Å². The summed E-state index contributed by atoms with van der Waals surface area (Å²) in [7, 11) is -3.39. The van der Waals surface area contributed by atoms with Gasteiger partial charge in [0.15, 0.2) is 9.84 Å². The Morgan fingerprint density at radius 1 is 1.27 bits per heavy atom. The van der Waals surface area contributed by atoms with Gasteiger partial charge in [-0.05, 0) is 31.0 Å². The number of hydrogen-bond acceptors (Lipinski definition) is 4. The highest BCUT2D eigenvalue weighted by atomic mass is 32.2. The van der Waals surface area contributed by atoms with Gasteiger partial charge in [0.25, 0.3) is 5.91 Å². The summed E-state index contributed by atoms with van der Waals surface area (Å²) in [6.07, 6.45) is 3.94. The molecule has 22 heavy (non-hydrogen) atoms. The van der Waals surface area contributed by atoms with Crippen molar-refractivity contribution in [3.8, 4) is 0 Å². The molecule has 0 aromatic heterocycles. The number of nitrogens with one attached hydrogen (secondary N) is 1. The van der Waals surface area contributed by atoms with Crippen LogP contribution in [0.4, 0.5) is 0 Å². The van der Waals surface area contributed by atoms with Gasteiger partial charge >= 0.3 is 5.97 Å². The summed E-state index contributed by atoms with van der Waals surface area (Å²) in [5.74, 6) is -1.39. The Morgan fingerprint density at radius 2 is 1.91 bits per heavy atom. The third kappa shape index (κ3) is 3.85. The molecule has 7 heteroatoms. The third-order valence-corrected chi connectivity index (χ3v) is 5.06. The first kappa shape index (κ1) is 16.5. The van der Waals surface area contributed by atoms with Crippen molar-refractivity contribution in [3.05, 3.63) is 29.8 Å². The second kappa shape index (κ2) is 6.08. The quantitative estimate of drug-likeness (QED) is 0.856. The molecule has 0 heterocycles. The van der Waals surface area contributed by atoms with Crippen molar-refractivity contribution in [3.63, 3.8) is 0 Å². The molecular weight excluding hydrogens is 306 g/mol. The Balaban J connectivity index is 2.23. The first-order valence-corrected chi connectivity index (χ1v) is 8.95. The molecule has 0 saturated heterocycles. The third-order valence-electron chi connectivity index (χ3n) is 3.95. The van der Waals surface area contributed by atoms with Crippen molar-refractivity contribution in [2.45, 2.75) is 42.5 Å². The summed E-state index contributed by atoms with van der Waals surface area (Å²) in [5, 5.41) is 11.8. The number of amides is 1. The van der Waals surface area contributed by atoms with Gasteiger partial charge in [-0.2, -0.15) is 0 Å². The molecule has 1 aliphatic carbocycles. The minimum absolute atomic E-state index is 0.0684. The summed E-state index contributed by atoms with van der Waals surface area (Å²) < 4.78 is 23.1. The van der Waals surface area contributed by atoms with E-state index in [1.54, 1.807) is 0 Å². The van der Waals surface area contributed by atoms with Crippen LogP contribution in [0.25, 0.3) is 0 Å². The lowest BCUT2D eigenvalue weighted by Gasteiger charge is -2.28. The Bertz CT molecular complexity index is 690. The molecule has 1 aromatic carbocycles. The first-order valence-electron chi connectivity index (χ1n) is 7.06. The van der Waals surface area contributed by atoms with Crippen LogP contribution < -0.4 is 5.32 Å².